The topological polar surface area (TPSA) is 60.2 Å². The Morgan fingerprint density at radius 2 is 2.26 bits per heavy atom. The van der Waals surface area contributed by atoms with Gasteiger partial charge >= 0.3 is 0 Å². The zero-order valence-electron chi connectivity index (χ0n) is 12.2. The number of nitrogens with one attached hydrogen (secondary N) is 1. The number of likely N-dealkylation sites (N-methyl/N-ethyl adjacent to an activating group) is 1. The average molecular weight is 267 g/mol. The van der Waals surface area contributed by atoms with Gasteiger partial charge in [0.15, 0.2) is 5.82 Å². The van der Waals surface area contributed by atoms with Crippen LogP contribution in [0, 0.1) is 5.92 Å². The van der Waals surface area contributed by atoms with E-state index in [1.54, 1.807) is 0 Å². The summed E-state index contributed by atoms with van der Waals surface area (Å²) in [7, 11) is 0. The fourth-order valence-electron chi connectivity index (χ4n) is 2.46. The molecular formula is C14H25N3O2. The molecule has 1 aliphatic heterocycles. The third kappa shape index (κ3) is 4.28. The second kappa shape index (κ2) is 7.01. The van der Waals surface area contributed by atoms with Gasteiger partial charge in [-0.05, 0) is 25.3 Å². The first-order valence-electron chi connectivity index (χ1n) is 7.35. The summed E-state index contributed by atoms with van der Waals surface area (Å²) in [5, 5.41) is 7.52. The molecule has 2 unspecified atom stereocenters. The molecule has 0 aliphatic carbocycles. The molecule has 0 bridgehead atoms. The Labute approximate surface area is 115 Å². The second-order valence-electron chi connectivity index (χ2n) is 5.56. The first-order chi connectivity index (χ1) is 9.19. The highest BCUT2D eigenvalue weighted by atomic mass is 16.5. The van der Waals surface area contributed by atoms with Crippen LogP contribution < -0.4 is 5.32 Å². The number of nitrogens with zero attached hydrogens (tertiary/aromatic N) is 2. The molecule has 1 saturated heterocycles. The quantitative estimate of drug-likeness (QED) is 0.818. The lowest BCUT2D eigenvalue weighted by Crippen LogP contribution is -2.35. The molecule has 1 fully saturated rings. The third-order valence-electron chi connectivity index (χ3n) is 3.61. The van der Waals surface area contributed by atoms with Gasteiger partial charge in [0.05, 0.1) is 6.10 Å². The zero-order valence-corrected chi connectivity index (χ0v) is 12.2. The summed E-state index contributed by atoms with van der Waals surface area (Å²) in [6.45, 7) is 8.35. The van der Waals surface area contributed by atoms with Gasteiger partial charge in [0.25, 0.3) is 0 Å². The van der Waals surface area contributed by atoms with Crippen LogP contribution in [0.25, 0.3) is 0 Å². The van der Waals surface area contributed by atoms with Crippen molar-refractivity contribution >= 4 is 0 Å². The molecule has 0 aromatic carbocycles. The van der Waals surface area contributed by atoms with E-state index < -0.39 is 0 Å². The molecule has 108 valence electrons. The summed E-state index contributed by atoms with van der Waals surface area (Å²) in [4.78, 5) is 4.48. The van der Waals surface area contributed by atoms with Crippen LogP contribution in [0.15, 0.2) is 4.52 Å². The van der Waals surface area contributed by atoms with Crippen molar-refractivity contribution in [1.29, 1.82) is 0 Å². The smallest absolute Gasteiger partial charge is 0.228 e. The molecule has 19 heavy (non-hydrogen) atoms. The molecule has 1 aromatic rings. The molecule has 1 aliphatic rings. The van der Waals surface area contributed by atoms with E-state index in [2.05, 4.69) is 36.2 Å². The van der Waals surface area contributed by atoms with Gasteiger partial charge < -0.3 is 14.6 Å². The Balaban J connectivity index is 1.88. The molecule has 1 aromatic heterocycles. The van der Waals surface area contributed by atoms with Crippen LogP contribution in [0.3, 0.4) is 0 Å². The summed E-state index contributed by atoms with van der Waals surface area (Å²) in [6, 6.07) is 0.390. The monoisotopic (exact) mass is 267 g/mol. The molecule has 0 spiro atoms. The summed E-state index contributed by atoms with van der Waals surface area (Å²) in [6.07, 6.45) is 4.10. The largest absolute Gasteiger partial charge is 0.378 e. The van der Waals surface area contributed by atoms with Gasteiger partial charge in [-0.2, -0.15) is 4.98 Å². The Morgan fingerprint density at radius 1 is 1.42 bits per heavy atom. The highest BCUT2D eigenvalue weighted by Crippen LogP contribution is 2.16. The lowest BCUT2D eigenvalue weighted by atomic mass is 10.0. The maximum atomic E-state index is 5.59. The average Bonchev–Trinajstić information content (AvgIpc) is 3.01. The summed E-state index contributed by atoms with van der Waals surface area (Å²) in [5.74, 6) is 2.06. The van der Waals surface area contributed by atoms with Crippen LogP contribution in [-0.2, 0) is 17.6 Å². The molecule has 0 amide bonds. The van der Waals surface area contributed by atoms with E-state index in [4.69, 9.17) is 9.26 Å². The van der Waals surface area contributed by atoms with Crippen LogP contribution in [0.4, 0.5) is 0 Å². The van der Waals surface area contributed by atoms with Crippen LogP contribution in [0.1, 0.15) is 45.3 Å². The number of rotatable bonds is 7. The minimum absolute atomic E-state index is 0.278. The van der Waals surface area contributed by atoms with Crippen LogP contribution in [-0.4, -0.2) is 35.4 Å². The van der Waals surface area contributed by atoms with E-state index in [9.17, 15) is 0 Å². The second-order valence-corrected chi connectivity index (χ2v) is 5.56. The predicted octanol–water partition coefficient (Wildman–Crippen LogP) is 1.97. The number of aromatic nitrogens is 2. The lowest BCUT2D eigenvalue weighted by Gasteiger charge is -2.19. The number of ether oxygens (including phenoxy) is 1. The molecular weight excluding hydrogens is 242 g/mol. The normalized spacial score (nSPS) is 21.2. The van der Waals surface area contributed by atoms with E-state index in [0.717, 1.165) is 50.6 Å². The summed E-state index contributed by atoms with van der Waals surface area (Å²) >= 11 is 0. The molecule has 2 heterocycles. The van der Waals surface area contributed by atoms with E-state index >= 15 is 0 Å². The first-order valence-corrected chi connectivity index (χ1v) is 7.35. The molecule has 2 atom stereocenters. The minimum atomic E-state index is 0.278. The fraction of sp³-hybridized carbons (Fsp3) is 0.857. The Hall–Kier alpha value is -0.940. The van der Waals surface area contributed by atoms with Crippen molar-refractivity contribution in [2.45, 2.75) is 58.6 Å². The van der Waals surface area contributed by atoms with Crippen molar-refractivity contribution in [2.24, 2.45) is 5.92 Å². The molecule has 0 saturated carbocycles. The van der Waals surface area contributed by atoms with Crippen molar-refractivity contribution in [2.75, 3.05) is 13.2 Å². The Bertz CT molecular complexity index is 373. The Morgan fingerprint density at radius 3 is 2.89 bits per heavy atom. The van der Waals surface area contributed by atoms with Crippen LogP contribution in [0.2, 0.25) is 0 Å². The first kappa shape index (κ1) is 14.5. The van der Waals surface area contributed by atoms with E-state index in [1.165, 1.54) is 0 Å². The molecule has 0 radical (unpaired) electrons. The van der Waals surface area contributed by atoms with Crippen LogP contribution in [0.5, 0.6) is 0 Å². The van der Waals surface area contributed by atoms with Crippen LogP contribution >= 0.6 is 0 Å². The van der Waals surface area contributed by atoms with Gasteiger partial charge in [0.1, 0.15) is 0 Å². The van der Waals surface area contributed by atoms with Crippen molar-refractivity contribution in [3.63, 3.8) is 0 Å². The van der Waals surface area contributed by atoms with Gasteiger partial charge in [0, 0.05) is 25.5 Å². The van der Waals surface area contributed by atoms with Gasteiger partial charge in [-0.1, -0.05) is 25.9 Å². The van der Waals surface area contributed by atoms with E-state index in [1.807, 2.05) is 0 Å². The molecule has 2 rings (SSSR count). The van der Waals surface area contributed by atoms with Gasteiger partial charge in [-0.3, -0.25) is 0 Å². The number of hydrogen-bond donors (Lipinski definition) is 1. The van der Waals surface area contributed by atoms with Crippen molar-refractivity contribution < 1.29 is 9.26 Å². The van der Waals surface area contributed by atoms with Gasteiger partial charge in [-0.15, -0.1) is 0 Å². The Kier molecular flexibility index (Phi) is 5.34. The standard InChI is InChI=1S/C14H25N3O2/c1-4-15-12(10(2)3)9-14-16-13(17-19-14)8-11-6-5-7-18-11/h10-12,15H,4-9H2,1-3H3. The van der Waals surface area contributed by atoms with Gasteiger partial charge in [0.2, 0.25) is 5.89 Å². The van der Waals surface area contributed by atoms with Crippen molar-refractivity contribution in [1.82, 2.24) is 15.5 Å². The zero-order chi connectivity index (χ0) is 13.7. The van der Waals surface area contributed by atoms with Gasteiger partial charge in [-0.25, -0.2) is 0 Å². The highest BCUT2D eigenvalue weighted by molar-refractivity contribution is 4.92. The third-order valence-corrected chi connectivity index (χ3v) is 3.61. The van der Waals surface area contributed by atoms with Crippen molar-refractivity contribution in [3.05, 3.63) is 11.7 Å². The molecule has 5 nitrogen and oxygen atoms in total. The minimum Gasteiger partial charge on any atom is -0.378 e. The highest BCUT2D eigenvalue weighted by Gasteiger charge is 2.21. The lowest BCUT2D eigenvalue weighted by molar-refractivity contribution is 0.109. The summed E-state index contributed by atoms with van der Waals surface area (Å²) in [5.41, 5.74) is 0. The maximum absolute atomic E-state index is 5.59. The summed E-state index contributed by atoms with van der Waals surface area (Å²) < 4.78 is 10.9. The molecule has 5 heteroatoms. The predicted molar refractivity (Wildman–Crippen MR) is 73.0 cm³/mol. The maximum Gasteiger partial charge on any atom is 0.228 e. The van der Waals surface area contributed by atoms with Crippen molar-refractivity contribution in [3.8, 4) is 0 Å². The number of hydrogen-bond acceptors (Lipinski definition) is 5. The van der Waals surface area contributed by atoms with E-state index in [-0.39, 0.29) is 6.10 Å². The molecule has 1 N–H and O–H groups in total. The SMILES string of the molecule is CCNC(Cc1nc(CC2CCCO2)no1)C(C)C. The fourth-order valence-corrected chi connectivity index (χ4v) is 2.46. The van der Waals surface area contributed by atoms with E-state index in [0.29, 0.717) is 12.0 Å².